The summed E-state index contributed by atoms with van der Waals surface area (Å²) in [7, 11) is 5.91. The summed E-state index contributed by atoms with van der Waals surface area (Å²) in [5.41, 5.74) is 4.71. The molecule has 0 aromatic carbocycles. The van der Waals surface area contributed by atoms with Crippen molar-refractivity contribution in [2.75, 3.05) is 47.6 Å². The summed E-state index contributed by atoms with van der Waals surface area (Å²) < 4.78 is 42.6. The van der Waals surface area contributed by atoms with Gasteiger partial charge in [0.2, 0.25) is 5.91 Å². The first-order chi connectivity index (χ1) is 14.8. The van der Waals surface area contributed by atoms with Gasteiger partial charge in [-0.25, -0.2) is 9.18 Å². The monoisotopic (exact) mass is 467 g/mol. The van der Waals surface area contributed by atoms with E-state index in [2.05, 4.69) is 19.0 Å². The SMILES string of the molecule is COCCCC1(N(C)C)CCC2(CC1)CC(=O)N(CCC(F)(F)C(N)=O)C2.O=C(O)CF. The lowest BCUT2D eigenvalue weighted by molar-refractivity contribution is -0.144. The molecule has 2 rings (SSSR count). The number of rotatable bonds is 10. The van der Waals surface area contributed by atoms with Gasteiger partial charge in [-0.2, -0.15) is 8.78 Å². The van der Waals surface area contributed by atoms with Crippen molar-refractivity contribution in [3.05, 3.63) is 0 Å². The first-order valence-electron chi connectivity index (χ1n) is 10.7. The van der Waals surface area contributed by atoms with E-state index >= 15 is 0 Å². The first-order valence-corrected chi connectivity index (χ1v) is 10.7. The Kier molecular flexibility index (Phi) is 10.4. The van der Waals surface area contributed by atoms with Gasteiger partial charge in [0.05, 0.1) is 0 Å². The van der Waals surface area contributed by atoms with Gasteiger partial charge in [-0.15, -0.1) is 0 Å². The average molecular weight is 468 g/mol. The number of carboxylic acids is 1. The summed E-state index contributed by atoms with van der Waals surface area (Å²) in [6, 6.07) is 0. The maximum Gasteiger partial charge on any atom is 0.335 e. The van der Waals surface area contributed by atoms with Crippen molar-refractivity contribution < 1.29 is 37.4 Å². The Morgan fingerprint density at radius 1 is 1.25 bits per heavy atom. The predicted molar refractivity (Wildman–Crippen MR) is 112 cm³/mol. The van der Waals surface area contributed by atoms with Crippen molar-refractivity contribution in [1.82, 2.24) is 9.80 Å². The van der Waals surface area contributed by atoms with Gasteiger partial charge < -0.3 is 25.4 Å². The fraction of sp³-hybridized carbons (Fsp3) is 0.857. The van der Waals surface area contributed by atoms with Crippen molar-refractivity contribution in [3.63, 3.8) is 0 Å². The van der Waals surface area contributed by atoms with Crippen LogP contribution in [0.4, 0.5) is 13.2 Å². The molecule has 0 aromatic rings. The Morgan fingerprint density at radius 2 is 1.81 bits per heavy atom. The maximum atomic E-state index is 13.5. The first kappa shape index (κ1) is 28.2. The van der Waals surface area contributed by atoms with Gasteiger partial charge in [-0.3, -0.25) is 9.59 Å². The van der Waals surface area contributed by atoms with E-state index in [-0.39, 0.29) is 23.4 Å². The highest BCUT2D eigenvalue weighted by Gasteiger charge is 2.50. The van der Waals surface area contributed by atoms with Gasteiger partial charge in [0, 0.05) is 45.2 Å². The zero-order valence-corrected chi connectivity index (χ0v) is 19.2. The van der Waals surface area contributed by atoms with E-state index in [1.165, 1.54) is 4.90 Å². The van der Waals surface area contributed by atoms with Gasteiger partial charge in [0.15, 0.2) is 6.67 Å². The summed E-state index contributed by atoms with van der Waals surface area (Å²) >= 11 is 0. The molecule has 11 heteroatoms. The second kappa shape index (κ2) is 11.8. The summed E-state index contributed by atoms with van der Waals surface area (Å²) in [6.45, 7) is -0.160. The maximum absolute atomic E-state index is 13.5. The fourth-order valence-electron chi connectivity index (χ4n) is 4.63. The Balaban J connectivity index is 0.000000920. The Labute approximate surface area is 187 Å². The van der Waals surface area contributed by atoms with Crippen LogP contribution in [0.3, 0.4) is 0 Å². The topological polar surface area (TPSA) is 113 Å². The Morgan fingerprint density at radius 3 is 2.25 bits per heavy atom. The van der Waals surface area contributed by atoms with Crippen molar-refractivity contribution in [2.45, 2.75) is 62.8 Å². The van der Waals surface area contributed by atoms with Crippen molar-refractivity contribution >= 4 is 17.8 Å². The molecule has 1 heterocycles. The van der Waals surface area contributed by atoms with Crippen molar-refractivity contribution in [1.29, 1.82) is 0 Å². The normalized spacial score (nSPS) is 25.7. The molecule has 1 aliphatic heterocycles. The molecular formula is C21H36F3N3O5. The number of carbonyl (C=O) groups is 3. The third-order valence-electron chi connectivity index (χ3n) is 6.76. The van der Waals surface area contributed by atoms with Gasteiger partial charge in [-0.1, -0.05) is 0 Å². The van der Waals surface area contributed by atoms with Gasteiger partial charge in [0.25, 0.3) is 5.91 Å². The van der Waals surface area contributed by atoms with Crippen LogP contribution in [0, 0.1) is 5.41 Å². The van der Waals surface area contributed by atoms with Crippen molar-refractivity contribution in [2.24, 2.45) is 11.1 Å². The summed E-state index contributed by atoms with van der Waals surface area (Å²) in [5, 5.41) is 7.35. The fourth-order valence-corrected chi connectivity index (χ4v) is 4.63. The molecule has 0 unspecified atom stereocenters. The molecule has 2 fully saturated rings. The van der Waals surface area contributed by atoms with Gasteiger partial charge in [-0.05, 0) is 58.0 Å². The number of nitrogens with zero attached hydrogens (tertiary/aromatic N) is 2. The number of alkyl halides is 3. The molecule has 0 atom stereocenters. The number of hydrogen-bond donors (Lipinski definition) is 2. The van der Waals surface area contributed by atoms with E-state index in [4.69, 9.17) is 20.4 Å². The molecule has 3 N–H and O–H groups in total. The second-order valence-corrected chi connectivity index (χ2v) is 9.05. The van der Waals surface area contributed by atoms with E-state index in [1.54, 1.807) is 7.11 Å². The van der Waals surface area contributed by atoms with Crippen LogP contribution < -0.4 is 5.73 Å². The highest BCUT2D eigenvalue weighted by atomic mass is 19.3. The number of likely N-dealkylation sites (tertiary alicyclic amines) is 1. The number of halogens is 3. The number of nitrogens with two attached hydrogens (primary N) is 1. The van der Waals surface area contributed by atoms with E-state index in [0.717, 1.165) is 45.1 Å². The van der Waals surface area contributed by atoms with E-state index < -0.39 is 30.9 Å². The minimum Gasteiger partial charge on any atom is -0.479 e. The average Bonchev–Trinajstić information content (AvgIpc) is 3.03. The Bertz CT molecular complexity index is 653. The molecule has 8 nitrogen and oxygen atoms in total. The van der Waals surface area contributed by atoms with Crippen molar-refractivity contribution in [3.8, 4) is 0 Å². The smallest absolute Gasteiger partial charge is 0.335 e. The van der Waals surface area contributed by atoms with E-state index in [1.807, 2.05) is 0 Å². The molecule has 0 bridgehead atoms. The largest absolute Gasteiger partial charge is 0.479 e. The molecule has 0 aromatic heterocycles. The lowest BCUT2D eigenvalue weighted by atomic mass is 9.65. The van der Waals surface area contributed by atoms with E-state index in [9.17, 15) is 22.8 Å². The predicted octanol–water partition coefficient (Wildman–Crippen LogP) is 2.06. The molecule has 1 saturated heterocycles. The summed E-state index contributed by atoms with van der Waals surface area (Å²) in [4.78, 5) is 36.0. The molecular weight excluding hydrogens is 431 g/mol. The molecule has 2 amide bonds. The van der Waals surface area contributed by atoms with Gasteiger partial charge >= 0.3 is 11.9 Å². The van der Waals surface area contributed by atoms with Crippen LogP contribution in [-0.4, -0.2) is 91.7 Å². The number of primary amides is 1. The lowest BCUT2D eigenvalue weighted by Gasteiger charge is -2.48. The summed E-state index contributed by atoms with van der Waals surface area (Å²) in [6.07, 6.45) is 5.55. The zero-order chi connectivity index (χ0) is 24.6. The quantitative estimate of drug-likeness (QED) is 0.476. The zero-order valence-electron chi connectivity index (χ0n) is 19.2. The lowest BCUT2D eigenvalue weighted by Crippen LogP contribution is -2.50. The number of ether oxygens (including phenoxy) is 1. The Hall–Kier alpha value is -1.88. The molecule has 186 valence electrons. The number of hydrogen-bond acceptors (Lipinski definition) is 5. The van der Waals surface area contributed by atoms with Crippen LogP contribution >= 0.6 is 0 Å². The number of methoxy groups -OCH3 is 1. The van der Waals surface area contributed by atoms with Crippen LogP contribution in [0.2, 0.25) is 0 Å². The highest BCUT2D eigenvalue weighted by molar-refractivity contribution is 5.82. The molecule has 2 aliphatic rings. The van der Waals surface area contributed by atoms with E-state index in [0.29, 0.717) is 13.0 Å². The molecule has 1 spiro atoms. The standard InChI is InChI=1S/C19H33F2N3O3.C2H3FO2/c1-23(2)18(5-4-12-27-3)8-6-17(7-9-18)13-15(25)24(14-17)11-10-19(20,21)16(22)26;3-1-2(4)5/h4-14H2,1-3H3,(H2,22,26);1H2,(H,4,5). The number of amides is 2. The summed E-state index contributed by atoms with van der Waals surface area (Å²) in [5.74, 6) is -6.70. The van der Waals surface area contributed by atoms with Crippen LogP contribution in [0.25, 0.3) is 0 Å². The van der Waals surface area contributed by atoms with Crippen LogP contribution in [-0.2, 0) is 19.1 Å². The highest BCUT2D eigenvalue weighted by Crippen LogP contribution is 2.50. The minimum atomic E-state index is -3.57. The van der Waals surface area contributed by atoms with Crippen LogP contribution in [0.1, 0.15) is 51.4 Å². The minimum absolute atomic E-state index is 0.0907. The van der Waals surface area contributed by atoms with Gasteiger partial charge in [0.1, 0.15) is 0 Å². The second-order valence-electron chi connectivity index (χ2n) is 9.05. The number of carboxylic acid groups (broad SMARTS) is 1. The third kappa shape index (κ3) is 7.61. The van der Waals surface area contributed by atoms with Crippen LogP contribution in [0.5, 0.6) is 0 Å². The molecule has 1 saturated carbocycles. The number of aliphatic carboxylic acids is 1. The third-order valence-corrected chi connectivity index (χ3v) is 6.76. The molecule has 0 radical (unpaired) electrons. The molecule has 32 heavy (non-hydrogen) atoms. The number of carbonyl (C=O) groups excluding carboxylic acids is 2. The molecule has 1 aliphatic carbocycles. The van der Waals surface area contributed by atoms with Crippen LogP contribution in [0.15, 0.2) is 0 Å².